The molecule has 3 heteroatoms. The van der Waals surface area contributed by atoms with Gasteiger partial charge in [0.2, 0.25) is 5.91 Å². The van der Waals surface area contributed by atoms with E-state index in [-0.39, 0.29) is 5.91 Å². The van der Waals surface area contributed by atoms with Gasteiger partial charge in [-0.15, -0.1) is 0 Å². The SMILES string of the molecule is Cc1ccc2occ(CC(=O)NC3CCCC3)c2c1. The fourth-order valence-electron chi connectivity index (χ4n) is 2.85. The van der Waals surface area contributed by atoms with Crippen LogP contribution >= 0.6 is 0 Å². The molecule has 1 heterocycles. The Morgan fingerprint density at radius 3 is 2.95 bits per heavy atom. The molecular formula is C16H19NO2. The minimum atomic E-state index is 0.108. The van der Waals surface area contributed by atoms with Crippen molar-refractivity contribution in [3.05, 3.63) is 35.6 Å². The smallest absolute Gasteiger partial charge is 0.224 e. The number of benzene rings is 1. The van der Waals surface area contributed by atoms with Crippen molar-refractivity contribution in [3.63, 3.8) is 0 Å². The maximum atomic E-state index is 12.0. The topological polar surface area (TPSA) is 42.2 Å². The van der Waals surface area contributed by atoms with Crippen LogP contribution < -0.4 is 5.32 Å². The summed E-state index contributed by atoms with van der Waals surface area (Å²) < 4.78 is 5.49. The third-order valence-corrected chi connectivity index (χ3v) is 3.88. The number of fused-ring (bicyclic) bond motifs is 1. The number of nitrogens with one attached hydrogen (secondary N) is 1. The highest BCUT2D eigenvalue weighted by atomic mass is 16.3. The van der Waals surface area contributed by atoms with Crippen LogP contribution in [0.25, 0.3) is 11.0 Å². The average molecular weight is 257 g/mol. The van der Waals surface area contributed by atoms with E-state index in [1.165, 1.54) is 18.4 Å². The number of carbonyl (C=O) groups excluding carboxylic acids is 1. The van der Waals surface area contributed by atoms with Crippen LogP contribution in [0.15, 0.2) is 28.9 Å². The van der Waals surface area contributed by atoms with E-state index in [0.717, 1.165) is 29.4 Å². The highest BCUT2D eigenvalue weighted by Crippen LogP contribution is 2.23. The second-order valence-corrected chi connectivity index (χ2v) is 5.49. The third kappa shape index (κ3) is 2.65. The zero-order valence-corrected chi connectivity index (χ0v) is 11.2. The first-order chi connectivity index (χ1) is 9.22. The molecule has 0 radical (unpaired) electrons. The molecule has 1 aliphatic carbocycles. The molecule has 0 saturated heterocycles. The lowest BCUT2D eigenvalue weighted by atomic mass is 10.1. The van der Waals surface area contributed by atoms with Crippen molar-refractivity contribution in [1.29, 1.82) is 0 Å². The molecule has 1 aromatic carbocycles. The Kier molecular flexibility index (Phi) is 3.28. The number of hydrogen-bond acceptors (Lipinski definition) is 2. The first-order valence-corrected chi connectivity index (χ1v) is 6.98. The molecule has 19 heavy (non-hydrogen) atoms. The van der Waals surface area contributed by atoms with Gasteiger partial charge in [-0.3, -0.25) is 4.79 Å². The Bertz CT molecular complexity index is 594. The van der Waals surface area contributed by atoms with Gasteiger partial charge in [0, 0.05) is 17.0 Å². The van der Waals surface area contributed by atoms with E-state index in [9.17, 15) is 4.79 Å². The molecule has 1 fully saturated rings. The van der Waals surface area contributed by atoms with Gasteiger partial charge < -0.3 is 9.73 Å². The Morgan fingerprint density at radius 1 is 1.37 bits per heavy atom. The lowest BCUT2D eigenvalue weighted by Crippen LogP contribution is -2.33. The van der Waals surface area contributed by atoms with Gasteiger partial charge in [-0.1, -0.05) is 24.5 Å². The quantitative estimate of drug-likeness (QED) is 0.916. The minimum absolute atomic E-state index is 0.108. The molecule has 0 bridgehead atoms. The number of hydrogen-bond donors (Lipinski definition) is 1. The monoisotopic (exact) mass is 257 g/mol. The normalized spacial score (nSPS) is 16.1. The highest BCUT2D eigenvalue weighted by molar-refractivity contribution is 5.88. The Hall–Kier alpha value is -1.77. The molecule has 0 atom stereocenters. The number of furan rings is 1. The van der Waals surface area contributed by atoms with E-state index in [4.69, 9.17) is 4.42 Å². The van der Waals surface area contributed by atoms with Crippen LogP contribution in [0.5, 0.6) is 0 Å². The average Bonchev–Trinajstić information content (AvgIpc) is 3.00. The van der Waals surface area contributed by atoms with Crippen LogP contribution in [0, 0.1) is 6.92 Å². The van der Waals surface area contributed by atoms with E-state index >= 15 is 0 Å². The van der Waals surface area contributed by atoms with Gasteiger partial charge in [0.15, 0.2) is 0 Å². The van der Waals surface area contributed by atoms with Crippen molar-refractivity contribution in [2.24, 2.45) is 0 Å². The number of amides is 1. The lowest BCUT2D eigenvalue weighted by Gasteiger charge is -2.11. The lowest BCUT2D eigenvalue weighted by molar-refractivity contribution is -0.121. The fraction of sp³-hybridized carbons (Fsp3) is 0.438. The summed E-state index contributed by atoms with van der Waals surface area (Å²) in [7, 11) is 0. The standard InChI is InChI=1S/C16H19NO2/c1-11-6-7-15-14(8-11)12(10-19-15)9-16(18)17-13-4-2-3-5-13/h6-8,10,13H,2-5,9H2,1H3,(H,17,18). The molecule has 1 aliphatic rings. The predicted octanol–water partition coefficient (Wildman–Crippen LogP) is 3.34. The molecule has 1 aromatic heterocycles. The highest BCUT2D eigenvalue weighted by Gasteiger charge is 2.18. The maximum Gasteiger partial charge on any atom is 0.224 e. The fourth-order valence-corrected chi connectivity index (χ4v) is 2.85. The van der Waals surface area contributed by atoms with Crippen molar-refractivity contribution < 1.29 is 9.21 Å². The Morgan fingerprint density at radius 2 is 2.16 bits per heavy atom. The molecule has 3 nitrogen and oxygen atoms in total. The van der Waals surface area contributed by atoms with Crippen molar-refractivity contribution in [3.8, 4) is 0 Å². The number of aryl methyl sites for hydroxylation is 1. The van der Waals surface area contributed by atoms with E-state index in [0.29, 0.717) is 12.5 Å². The van der Waals surface area contributed by atoms with Gasteiger partial charge in [0.05, 0.1) is 12.7 Å². The molecular weight excluding hydrogens is 238 g/mol. The summed E-state index contributed by atoms with van der Waals surface area (Å²) in [6.45, 7) is 2.05. The number of carbonyl (C=O) groups is 1. The molecule has 2 aromatic rings. The zero-order chi connectivity index (χ0) is 13.2. The third-order valence-electron chi connectivity index (χ3n) is 3.88. The summed E-state index contributed by atoms with van der Waals surface area (Å²) >= 11 is 0. The van der Waals surface area contributed by atoms with Gasteiger partial charge >= 0.3 is 0 Å². The Labute approximate surface area is 113 Å². The summed E-state index contributed by atoms with van der Waals surface area (Å²) in [5, 5.41) is 4.17. The van der Waals surface area contributed by atoms with Crippen LogP contribution in [-0.2, 0) is 11.2 Å². The molecule has 0 aliphatic heterocycles. The summed E-state index contributed by atoms with van der Waals surface area (Å²) in [6, 6.07) is 6.45. The van der Waals surface area contributed by atoms with Gasteiger partial charge in [-0.25, -0.2) is 0 Å². The minimum Gasteiger partial charge on any atom is -0.464 e. The van der Waals surface area contributed by atoms with Crippen molar-refractivity contribution >= 4 is 16.9 Å². The van der Waals surface area contributed by atoms with E-state index in [1.807, 2.05) is 12.1 Å². The predicted molar refractivity (Wildman–Crippen MR) is 75.1 cm³/mol. The van der Waals surface area contributed by atoms with Gasteiger partial charge in [-0.05, 0) is 31.9 Å². The summed E-state index contributed by atoms with van der Waals surface area (Å²) in [5.74, 6) is 0.108. The summed E-state index contributed by atoms with van der Waals surface area (Å²) in [6.07, 6.45) is 6.83. The zero-order valence-electron chi connectivity index (χ0n) is 11.2. The number of rotatable bonds is 3. The maximum absolute atomic E-state index is 12.0. The van der Waals surface area contributed by atoms with Crippen molar-refractivity contribution in [2.45, 2.75) is 45.1 Å². The van der Waals surface area contributed by atoms with E-state index in [1.54, 1.807) is 6.26 Å². The first-order valence-electron chi connectivity index (χ1n) is 6.98. The molecule has 0 unspecified atom stereocenters. The van der Waals surface area contributed by atoms with Gasteiger partial charge in [-0.2, -0.15) is 0 Å². The molecule has 3 rings (SSSR count). The van der Waals surface area contributed by atoms with Crippen LogP contribution in [0.1, 0.15) is 36.8 Å². The molecule has 0 spiro atoms. The molecule has 1 amide bonds. The van der Waals surface area contributed by atoms with E-state index < -0.39 is 0 Å². The largest absolute Gasteiger partial charge is 0.464 e. The summed E-state index contributed by atoms with van der Waals surface area (Å²) in [5.41, 5.74) is 3.02. The molecule has 1 N–H and O–H groups in total. The molecule has 100 valence electrons. The first kappa shape index (κ1) is 12.3. The summed E-state index contributed by atoms with van der Waals surface area (Å²) in [4.78, 5) is 12.0. The van der Waals surface area contributed by atoms with Gasteiger partial charge in [0.1, 0.15) is 5.58 Å². The van der Waals surface area contributed by atoms with Crippen LogP contribution in [0.3, 0.4) is 0 Å². The molecule has 1 saturated carbocycles. The second-order valence-electron chi connectivity index (χ2n) is 5.49. The van der Waals surface area contributed by atoms with E-state index in [2.05, 4.69) is 18.3 Å². The van der Waals surface area contributed by atoms with Crippen molar-refractivity contribution in [1.82, 2.24) is 5.32 Å². The Balaban J connectivity index is 1.73. The van der Waals surface area contributed by atoms with Crippen LogP contribution in [0.2, 0.25) is 0 Å². The van der Waals surface area contributed by atoms with Gasteiger partial charge in [0.25, 0.3) is 0 Å². The van der Waals surface area contributed by atoms with Crippen LogP contribution in [0.4, 0.5) is 0 Å². The second kappa shape index (κ2) is 5.08. The van der Waals surface area contributed by atoms with Crippen LogP contribution in [-0.4, -0.2) is 11.9 Å². The van der Waals surface area contributed by atoms with Crippen molar-refractivity contribution in [2.75, 3.05) is 0 Å².